The van der Waals surface area contributed by atoms with Gasteiger partial charge in [-0.2, -0.15) is 0 Å². The number of amides is 1. The van der Waals surface area contributed by atoms with Crippen molar-refractivity contribution in [1.82, 2.24) is 10.2 Å². The summed E-state index contributed by atoms with van der Waals surface area (Å²) in [4.78, 5) is 18.7. The topological polar surface area (TPSA) is 66.0 Å². The van der Waals surface area contributed by atoms with Gasteiger partial charge in [-0.05, 0) is 50.3 Å². The molecule has 26 heavy (non-hydrogen) atoms. The standard InChI is InChI=1S/C19H29BrN4O2/c1-4-21-19(24(3)9-10-26-13-15-6-7-15)22-12-18(25)23-17-11-16(20)8-5-14(17)2/h5,8,11,15H,4,6-7,9-10,12-13H2,1-3H3,(H,21,22)(H,23,25). The third-order valence-electron chi connectivity index (χ3n) is 4.16. The summed E-state index contributed by atoms with van der Waals surface area (Å²) < 4.78 is 6.61. The average molecular weight is 425 g/mol. The average Bonchev–Trinajstić information content (AvgIpc) is 3.43. The fraction of sp³-hybridized carbons (Fsp3) is 0.579. The number of rotatable bonds is 9. The molecule has 1 aromatic rings. The molecule has 0 bridgehead atoms. The van der Waals surface area contributed by atoms with Crippen molar-refractivity contribution in [2.75, 3.05) is 45.2 Å². The van der Waals surface area contributed by atoms with Crippen molar-refractivity contribution in [3.8, 4) is 0 Å². The van der Waals surface area contributed by atoms with Crippen molar-refractivity contribution < 1.29 is 9.53 Å². The van der Waals surface area contributed by atoms with Gasteiger partial charge in [-0.1, -0.05) is 22.0 Å². The van der Waals surface area contributed by atoms with E-state index in [9.17, 15) is 4.79 Å². The molecule has 1 aliphatic carbocycles. The zero-order valence-corrected chi connectivity index (χ0v) is 17.4. The molecule has 0 aliphatic heterocycles. The van der Waals surface area contributed by atoms with Gasteiger partial charge in [0.25, 0.3) is 0 Å². The summed E-state index contributed by atoms with van der Waals surface area (Å²) in [6.07, 6.45) is 2.60. The van der Waals surface area contributed by atoms with Crippen LogP contribution in [0.25, 0.3) is 0 Å². The number of benzene rings is 1. The summed E-state index contributed by atoms with van der Waals surface area (Å²) in [5.74, 6) is 1.34. The highest BCUT2D eigenvalue weighted by Gasteiger charge is 2.21. The zero-order valence-electron chi connectivity index (χ0n) is 15.8. The maximum Gasteiger partial charge on any atom is 0.246 e. The number of hydrogen-bond acceptors (Lipinski definition) is 3. The van der Waals surface area contributed by atoms with Crippen LogP contribution in [0.3, 0.4) is 0 Å². The molecular weight excluding hydrogens is 396 g/mol. The highest BCUT2D eigenvalue weighted by atomic mass is 79.9. The van der Waals surface area contributed by atoms with Crippen LogP contribution < -0.4 is 10.6 Å². The quantitative estimate of drug-likeness (QED) is 0.363. The largest absolute Gasteiger partial charge is 0.379 e. The number of guanidine groups is 1. The second kappa shape index (κ2) is 10.5. The van der Waals surface area contributed by atoms with E-state index in [0.29, 0.717) is 12.6 Å². The molecule has 0 radical (unpaired) electrons. The van der Waals surface area contributed by atoms with Crippen molar-refractivity contribution in [3.63, 3.8) is 0 Å². The van der Waals surface area contributed by atoms with E-state index in [1.807, 2.05) is 44.0 Å². The van der Waals surface area contributed by atoms with E-state index in [1.54, 1.807) is 0 Å². The maximum atomic E-state index is 12.2. The lowest BCUT2D eigenvalue weighted by Gasteiger charge is -2.22. The fourth-order valence-electron chi connectivity index (χ4n) is 2.38. The van der Waals surface area contributed by atoms with E-state index in [2.05, 4.69) is 31.6 Å². The van der Waals surface area contributed by atoms with E-state index in [-0.39, 0.29) is 12.5 Å². The van der Waals surface area contributed by atoms with Gasteiger partial charge < -0.3 is 20.3 Å². The number of anilines is 1. The number of nitrogens with one attached hydrogen (secondary N) is 2. The van der Waals surface area contributed by atoms with Crippen LogP contribution in [0.5, 0.6) is 0 Å². The molecule has 0 spiro atoms. The van der Waals surface area contributed by atoms with Crippen molar-refractivity contribution >= 4 is 33.5 Å². The lowest BCUT2D eigenvalue weighted by molar-refractivity contribution is -0.114. The number of carbonyl (C=O) groups is 1. The van der Waals surface area contributed by atoms with Crippen molar-refractivity contribution in [3.05, 3.63) is 28.2 Å². The summed E-state index contributed by atoms with van der Waals surface area (Å²) in [6.45, 7) is 7.06. The Morgan fingerprint density at radius 1 is 1.42 bits per heavy atom. The Morgan fingerprint density at radius 2 is 2.19 bits per heavy atom. The molecule has 1 saturated carbocycles. The molecular formula is C19H29BrN4O2. The first-order valence-electron chi connectivity index (χ1n) is 9.12. The Hall–Kier alpha value is -1.60. The molecule has 2 rings (SSSR count). The number of ether oxygens (including phenoxy) is 1. The number of likely N-dealkylation sites (N-methyl/N-ethyl adjacent to an activating group) is 1. The smallest absolute Gasteiger partial charge is 0.246 e. The lowest BCUT2D eigenvalue weighted by Crippen LogP contribution is -2.41. The zero-order chi connectivity index (χ0) is 18.9. The first-order chi connectivity index (χ1) is 12.5. The summed E-state index contributed by atoms with van der Waals surface area (Å²) >= 11 is 3.42. The van der Waals surface area contributed by atoms with Gasteiger partial charge in [0, 0.05) is 36.9 Å². The van der Waals surface area contributed by atoms with Crippen LogP contribution in [-0.2, 0) is 9.53 Å². The third-order valence-corrected chi connectivity index (χ3v) is 4.66. The molecule has 0 heterocycles. The predicted octanol–water partition coefficient (Wildman–Crippen LogP) is 3.02. The third kappa shape index (κ3) is 7.33. The van der Waals surface area contributed by atoms with Crippen LogP contribution in [0, 0.1) is 12.8 Å². The van der Waals surface area contributed by atoms with Crippen molar-refractivity contribution in [2.24, 2.45) is 10.9 Å². The van der Waals surface area contributed by atoms with Crippen LogP contribution in [0.15, 0.2) is 27.7 Å². The Labute approximate surface area is 164 Å². The molecule has 0 saturated heterocycles. The molecule has 0 unspecified atom stereocenters. The van der Waals surface area contributed by atoms with E-state index >= 15 is 0 Å². The van der Waals surface area contributed by atoms with Gasteiger partial charge >= 0.3 is 0 Å². The molecule has 0 aromatic heterocycles. The highest BCUT2D eigenvalue weighted by molar-refractivity contribution is 9.10. The summed E-state index contributed by atoms with van der Waals surface area (Å²) in [7, 11) is 1.96. The van der Waals surface area contributed by atoms with E-state index in [0.717, 1.165) is 41.3 Å². The monoisotopic (exact) mass is 424 g/mol. The minimum atomic E-state index is -0.139. The molecule has 144 valence electrons. The van der Waals surface area contributed by atoms with Crippen LogP contribution in [-0.4, -0.2) is 56.7 Å². The second-order valence-corrected chi connectivity index (χ2v) is 7.53. The maximum absolute atomic E-state index is 12.2. The molecule has 2 N–H and O–H groups in total. The second-order valence-electron chi connectivity index (χ2n) is 6.62. The summed E-state index contributed by atoms with van der Waals surface area (Å²) in [5.41, 5.74) is 1.81. The molecule has 0 atom stereocenters. The molecule has 1 aromatic carbocycles. The molecule has 7 heteroatoms. The van der Waals surface area contributed by atoms with Gasteiger partial charge in [-0.3, -0.25) is 4.79 Å². The van der Waals surface area contributed by atoms with E-state index < -0.39 is 0 Å². The molecule has 1 fully saturated rings. The summed E-state index contributed by atoms with van der Waals surface area (Å²) in [5, 5.41) is 6.13. The first-order valence-corrected chi connectivity index (χ1v) is 9.92. The highest BCUT2D eigenvalue weighted by Crippen LogP contribution is 2.28. The Balaban J connectivity index is 1.83. The van der Waals surface area contributed by atoms with Crippen LogP contribution in [0.2, 0.25) is 0 Å². The molecule has 1 aliphatic rings. The van der Waals surface area contributed by atoms with Crippen LogP contribution >= 0.6 is 15.9 Å². The number of hydrogen-bond donors (Lipinski definition) is 2. The normalized spacial score (nSPS) is 14.2. The van der Waals surface area contributed by atoms with Gasteiger partial charge in [-0.25, -0.2) is 4.99 Å². The minimum Gasteiger partial charge on any atom is -0.379 e. The lowest BCUT2D eigenvalue weighted by atomic mass is 10.2. The minimum absolute atomic E-state index is 0.0710. The number of aryl methyl sites for hydroxylation is 1. The van der Waals surface area contributed by atoms with Crippen LogP contribution in [0.4, 0.5) is 5.69 Å². The number of carbonyl (C=O) groups excluding carboxylic acids is 1. The Kier molecular flexibility index (Phi) is 8.38. The first kappa shape index (κ1) is 20.7. The van der Waals surface area contributed by atoms with Crippen molar-refractivity contribution in [1.29, 1.82) is 0 Å². The van der Waals surface area contributed by atoms with Crippen LogP contribution in [0.1, 0.15) is 25.3 Å². The number of aliphatic imine (C=N–C) groups is 1. The predicted molar refractivity (Wildman–Crippen MR) is 110 cm³/mol. The van der Waals surface area contributed by atoms with E-state index in [1.165, 1.54) is 12.8 Å². The SMILES string of the molecule is CCNC(=NCC(=O)Nc1cc(Br)ccc1C)N(C)CCOCC1CC1. The number of nitrogens with zero attached hydrogens (tertiary/aromatic N) is 2. The van der Waals surface area contributed by atoms with Gasteiger partial charge in [0.05, 0.1) is 6.61 Å². The van der Waals surface area contributed by atoms with E-state index in [4.69, 9.17) is 4.74 Å². The van der Waals surface area contributed by atoms with Gasteiger partial charge in [0.15, 0.2) is 5.96 Å². The Bertz CT molecular complexity index is 632. The van der Waals surface area contributed by atoms with Crippen molar-refractivity contribution in [2.45, 2.75) is 26.7 Å². The molecule has 6 nitrogen and oxygen atoms in total. The van der Waals surface area contributed by atoms with Gasteiger partial charge in [0.2, 0.25) is 5.91 Å². The Morgan fingerprint density at radius 3 is 2.88 bits per heavy atom. The fourth-order valence-corrected chi connectivity index (χ4v) is 2.74. The van der Waals surface area contributed by atoms with Gasteiger partial charge in [-0.15, -0.1) is 0 Å². The number of halogens is 1. The van der Waals surface area contributed by atoms with Gasteiger partial charge in [0.1, 0.15) is 6.54 Å². The summed E-state index contributed by atoms with van der Waals surface area (Å²) in [6, 6.07) is 5.81. The molecule has 1 amide bonds.